The molecule has 0 aliphatic carbocycles. The van der Waals surface area contributed by atoms with Crippen molar-refractivity contribution in [3.8, 4) is 23.6 Å². The first-order valence-electron chi connectivity index (χ1n) is 4.84. The third kappa shape index (κ3) is 2.77. The smallest absolute Gasteiger partial charge is 0.174 e. The van der Waals surface area contributed by atoms with Crippen LogP contribution in [0.25, 0.3) is 0 Å². The molecule has 0 aliphatic heterocycles. The SMILES string of the molecule is COc1cccc(C=NC(C#N)=C(N)C#N)c1O. The van der Waals surface area contributed by atoms with E-state index in [-0.39, 0.29) is 22.9 Å². The van der Waals surface area contributed by atoms with E-state index in [9.17, 15) is 5.11 Å². The van der Waals surface area contributed by atoms with Crippen LogP contribution in [0, 0.1) is 22.7 Å². The molecule has 18 heavy (non-hydrogen) atoms. The van der Waals surface area contributed by atoms with Crippen LogP contribution in [0.5, 0.6) is 11.5 Å². The summed E-state index contributed by atoms with van der Waals surface area (Å²) in [6.07, 6.45) is 1.24. The summed E-state index contributed by atoms with van der Waals surface area (Å²) in [5, 5.41) is 27.0. The number of aliphatic imine (C=N–C) groups is 1. The Morgan fingerprint density at radius 1 is 1.44 bits per heavy atom. The summed E-state index contributed by atoms with van der Waals surface area (Å²) in [7, 11) is 1.42. The molecule has 0 unspecified atom stereocenters. The van der Waals surface area contributed by atoms with E-state index in [1.54, 1.807) is 30.3 Å². The van der Waals surface area contributed by atoms with Crippen molar-refractivity contribution >= 4 is 6.21 Å². The number of rotatable bonds is 3. The van der Waals surface area contributed by atoms with Gasteiger partial charge in [-0.15, -0.1) is 0 Å². The number of hydrogen-bond acceptors (Lipinski definition) is 6. The van der Waals surface area contributed by atoms with Crippen LogP contribution in [0.3, 0.4) is 0 Å². The summed E-state index contributed by atoms with van der Waals surface area (Å²) >= 11 is 0. The summed E-state index contributed by atoms with van der Waals surface area (Å²) in [5.41, 5.74) is 5.15. The van der Waals surface area contributed by atoms with Gasteiger partial charge in [-0.2, -0.15) is 10.5 Å². The van der Waals surface area contributed by atoms with Crippen LogP contribution in [0.4, 0.5) is 0 Å². The lowest BCUT2D eigenvalue weighted by molar-refractivity contribution is 0.373. The Kier molecular flexibility index (Phi) is 4.30. The van der Waals surface area contributed by atoms with Gasteiger partial charge in [-0.1, -0.05) is 6.07 Å². The molecular weight excluding hydrogens is 232 g/mol. The first-order valence-corrected chi connectivity index (χ1v) is 4.84. The van der Waals surface area contributed by atoms with Gasteiger partial charge in [0.25, 0.3) is 0 Å². The maximum atomic E-state index is 9.76. The molecule has 0 bridgehead atoms. The zero-order valence-electron chi connectivity index (χ0n) is 9.58. The van der Waals surface area contributed by atoms with Crippen molar-refractivity contribution in [2.45, 2.75) is 0 Å². The van der Waals surface area contributed by atoms with Crippen LogP contribution in [0.2, 0.25) is 0 Å². The van der Waals surface area contributed by atoms with Crippen LogP contribution in [0.15, 0.2) is 34.6 Å². The molecule has 1 aromatic rings. The van der Waals surface area contributed by atoms with Crippen LogP contribution >= 0.6 is 0 Å². The molecule has 1 aromatic carbocycles. The fourth-order valence-corrected chi connectivity index (χ4v) is 1.15. The van der Waals surface area contributed by atoms with Crippen molar-refractivity contribution in [2.24, 2.45) is 10.7 Å². The maximum Gasteiger partial charge on any atom is 0.174 e. The van der Waals surface area contributed by atoms with Crippen molar-refractivity contribution in [2.75, 3.05) is 7.11 Å². The molecule has 6 heteroatoms. The predicted octanol–water partition coefficient (Wildman–Crippen LogP) is 1.04. The molecule has 0 aromatic heterocycles. The highest BCUT2D eigenvalue weighted by Crippen LogP contribution is 2.28. The third-order valence-corrected chi connectivity index (χ3v) is 2.06. The van der Waals surface area contributed by atoms with Crippen molar-refractivity contribution in [1.29, 1.82) is 10.5 Å². The number of aromatic hydroxyl groups is 1. The topological polar surface area (TPSA) is 115 Å². The van der Waals surface area contributed by atoms with Crippen LogP contribution < -0.4 is 10.5 Å². The largest absolute Gasteiger partial charge is 0.504 e. The second-order valence-electron chi connectivity index (χ2n) is 3.14. The van der Waals surface area contributed by atoms with Gasteiger partial charge in [0.2, 0.25) is 0 Å². The summed E-state index contributed by atoms with van der Waals surface area (Å²) in [6, 6.07) is 8.13. The van der Waals surface area contributed by atoms with Crippen molar-refractivity contribution in [1.82, 2.24) is 0 Å². The number of nitriles is 2. The average Bonchev–Trinajstić information content (AvgIpc) is 2.40. The fourth-order valence-electron chi connectivity index (χ4n) is 1.15. The van der Waals surface area contributed by atoms with Gasteiger partial charge in [-0.3, -0.25) is 0 Å². The average molecular weight is 242 g/mol. The van der Waals surface area contributed by atoms with E-state index in [4.69, 9.17) is 21.0 Å². The zero-order valence-corrected chi connectivity index (χ0v) is 9.58. The van der Waals surface area contributed by atoms with E-state index >= 15 is 0 Å². The fraction of sp³-hybridized carbons (Fsp3) is 0.0833. The number of para-hydroxylation sites is 1. The number of allylic oxidation sites excluding steroid dienone is 2. The highest BCUT2D eigenvalue weighted by atomic mass is 16.5. The molecule has 0 radical (unpaired) electrons. The highest BCUT2D eigenvalue weighted by Gasteiger charge is 2.05. The molecular formula is C12H10N4O2. The summed E-state index contributed by atoms with van der Waals surface area (Å²) < 4.78 is 4.92. The number of ether oxygens (including phenoxy) is 1. The Morgan fingerprint density at radius 3 is 2.72 bits per heavy atom. The molecule has 1 rings (SSSR count). The number of nitrogens with two attached hydrogens (primary N) is 1. The standard InChI is InChI=1S/C12H10N4O2/c1-18-11-4-2-3-8(12(11)17)7-16-10(6-14)9(15)5-13/h2-4,7,17H,15H2,1H3. The Morgan fingerprint density at radius 2 is 2.17 bits per heavy atom. The molecule has 90 valence electrons. The van der Waals surface area contributed by atoms with Gasteiger partial charge in [-0.25, -0.2) is 4.99 Å². The van der Waals surface area contributed by atoms with E-state index < -0.39 is 0 Å². The van der Waals surface area contributed by atoms with Gasteiger partial charge in [0.05, 0.1) is 7.11 Å². The molecule has 6 nitrogen and oxygen atoms in total. The summed E-state index contributed by atoms with van der Waals surface area (Å²) in [5.74, 6) is 0.186. The normalized spacial score (nSPS) is 11.5. The number of phenolic OH excluding ortho intramolecular Hbond substituents is 1. The predicted molar refractivity (Wildman–Crippen MR) is 64.7 cm³/mol. The van der Waals surface area contributed by atoms with Crippen molar-refractivity contribution < 1.29 is 9.84 Å². The number of hydrogen-bond donors (Lipinski definition) is 2. The number of benzene rings is 1. The first-order chi connectivity index (χ1) is 8.63. The Labute approximate surface area is 104 Å². The van der Waals surface area contributed by atoms with Gasteiger partial charge in [0.15, 0.2) is 17.2 Å². The van der Waals surface area contributed by atoms with Crippen LogP contribution in [0.1, 0.15) is 5.56 Å². The lowest BCUT2D eigenvalue weighted by atomic mass is 10.2. The minimum atomic E-state index is -0.281. The second-order valence-corrected chi connectivity index (χ2v) is 3.14. The van der Waals surface area contributed by atoms with E-state index in [1.807, 2.05) is 0 Å². The number of methoxy groups -OCH3 is 1. The van der Waals surface area contributed by atoms with Crippen molar-refractivity contribution in [3.05, 3.63) is 35.2 Å². The molecule has 0 heterocycles. The number of phenols is 1. The lowest BCUT2D eigenvalue weighted by Gasteiger charge is -2.04. The number of nitrogens with zero attached hydrogens (tertiary/aromatic N) is 3. The zero-order chi connectivity index (χ0) is 13.5. The van der Waals surface area contributed by atoms with Gasteiger partial charge < -0.3 is 15.6 Å². The monoisotopic (exact) mass is 242 g/mol. The molecule has 0 saturated carbocycles. The van der Waals surface area contributed by atoms with Gasteiger partial charge in [0, 0.05) is 11.8 Å². The molecule has 0 amide bonds. The van der Waals surface area contributed by atoms with E-state index in [0.717, 1.165) is 0 Å². The quantitative estimate of drug-likeness (QED) is 0.606. The molecule has 0 aliphatic rings. The Bertz CT molecular complexity index is 591. The van der Waals surface area contributed by atoms with Gasteiger partial charge in [-0.05, 0) is 12.1 Å². The van der Waals surface area contributed by atoms with E-state index in [0.29, 0.717) is 5.56 Å². The molecule has 0 spiro atoms. The molecule has 0 saturated heterocycles. The minimum absolute atomic E-state index is 0.100. The molecule has 3 N–H and O–H groups in total. The lowest BCUT2D eigenvalue weighted by Crippen LogP contribution is -1.97. The van der Waals surface area contributed by atoms with Crippen LogP contribution in [-0.2, 0) is 0 Å². The summed E-state index contributed by atoms with van der Waals surface area (Å²) in [6.45, 7) is 0. The summed E-state index contributed by atoms with van der Waals surface area (Å²) in [4.78, 5) is 3.75. The second kappa shape index (κ2) is 5.92. The minimum Gasteiger partial charge on any atom is -0.504 e. The van der Waals surface area contributed by atoms with E-state index in [1.165, 1.54) is 13.3 Å². The first kappa shape index (κ1) is 13.1. The maximum absolute atomic E-state index is 9.76. The molecule has 0 atom stereocenters. The third-order valence-electron chi connectivity index (χ3n) is 2.06. The van der Waals surface area contributed by atoms with E-state index in [2.05, 4.69) is 4.99 Å². The van der Waals surface area contributed by atoms with Gasteiger partial charge in [0.1, 0.15) is 17.8 Å². The van der Waals surface area contributed by atoms with Gasteiger partial charge >= 0.3 is 0 Å². The Hall–Kier alpha value is -2.99. The highest BCUT2D eigenvalue weighted by molar-refractivity contribution is 5.85. The van der Waals surface area contributed by atoms with Crippen LogP contribution in [-0.4, -0.2) is 18.4 Å². The van der Waals surface area contributed by atoms with Crippen molar-refractivity contribution in [3.63, 3.8) is 0 Å². The molecule has 0 fully saturated rings. The Balaban J connectivity index is 3.14.